The molecule has 0 radical (unpaired) electrons. The molecule has 3 rings (SSSR count). The third-order valence-corrected chi connectivity index (χ3v) is 3.91. The molecule has 2 heterocycles. The number of nitriles is 1. The van der Waals surface area contributed by atoms with Gasteiger partial charge in [0.25, 0.3) is 0 Å². The fraction of sp³-hybridized carbons (Fsp3) is 0.353. The molecule has 1 aliphatic rings. The monoisotopic (exact) mass is 293 g/mol. The van der Waals surface area contributed by atoms with E-state index in [-0.39, 0.29) is 0 Å². The Labute approximate surface area is 130 Å². The van der Waals surface area contributed by atoms with Crippen LogP contribution in [0.2, 0.25) is 0 Å². The molecule has 112 valence electrons. The highest BCUT2D eigenvalue weighted by Gasteiger charge is 2.21. The maximum atomic E-state index is 8.95. The van der Waals surface area contributed by atoms with Gasteiger partial charge in [0, 0.05) is 38.1 Å². The maximum absolute atomic E-state index is 8.95. The minimum atomic E-state index is 0.420. The number of nitrogens with zero attached hydrogens (tertiary/aromatic N) is 4. The summed E-state index contributed by atoms with van der Waals surface area (Å²) >= 11 is 0. The topological polar surface area (TPSA) is 64.8 Å². The molecule has 0 aliphatic carbocycles. The fourth-order valence-corrected chi connectivity index (χ4v) is 2.79. The van der Waals surface area contributed by atoms with Crippen LogP contribution < -0.4 is 10.2 Å². The van der Waals surface area contributed by atoms with Crippen LogP contribution in [0.4, 0.5) is 5.95 Å². The number of aromatic nitrogens is 2. The molecule has 0 unspecified atom stereocenters. The molecule has 1 aromatic carbocycles. The number of rotatable bonds is 4. The highest BCUT2D eigenvalue weighted by molar-refractivity contribution is 5.33. The van der Waals surface area contributed by atoms with E-state index in [1.165, 1.54) is 0 Å². The van der Waals surface area contributed by atoms with Crippen molar-refractivity contribution in [1.82, 2.24) is 15.3 Å². The van der Waals surface area contributed by atoms with Crippen LogP contribution in [-0.4, -0.2) is 29.1 Å². The normalized spacial score (nSPS) is 18.0. The third kappa shape index (κ3) is 3.60. The van der Waals surface area contributed by atoms with Crippen molar-refractivity contribution in [2.24, 2.45) is 0 Å². The Morgan fingerprint density at radius 2 is 2.14 bits per heavy atom. The van der Waals surface area contributed by atoms with E-state index in [0.29, 0.717) is 11.6 Å². The first-order chi connectivity index (χ1) is 10.8. The summed E-state index contributed by atoms with van der Waals surface area (Å²) in [7, 11) is 0. The van der Waals surface area contributed by atoms with E-state index in [0.717, 1.165) is 44.0 Å². The van der Waals surface area contributed by atoms with Gasteiger partial charge >= 0.3 is 0 Å². The highest BCUT2D eigenvalue weighted by Crippen LogP contribution is 2.15. The Bertz CT molecular complexity index is 650. The van der Waals surface area contributed by atoms with Crippen molar-refractivity contribution in [1.29, 1.82) is 5.26 Å². The molecule has 1 atom stereocenters. The average Bonchev–Trinajstić information content (AvgIpc) is 2.61. The van der Waals surface area contributed by atoms with Crippen molar-refractivity contribution in [2.45, 2.75) is 25.4 Å². The van der Waals surface area contributed by atoms with Gasteiger partial charge in [-0.05, 0) is 36.6 Å². The second-order valence-electron chi connectivity index (χ2n) is 5.53. The fourth-order valence-electron chi connectivity index (χ4n) is 2.79. The number of anilines is 1. The van der Waals surface area contributed by atoms with Gasteiger partial charge in [0.05, 0.1) is 11.6 Å². The van der Waals surface area contributed by atoms with Gasteiger partial charge in [-0.15, -0.1) is 0 Å². The molecule has 0 saturated carbocycles. The second kappa shape index (κ2) is 7.01. The number of nitrogens with one attached hydrogen (secondary N) is 1. The summed E-state index contributed by atoms with van der Waals surface area (Å²) in [5, 5.41) is 12.5. The molecule has 0 spiro atoms. The quantitative estimate of drug-likeness (QED) is 0.935. The molecule has 1 aliphatic heterocycles. The van der Waals surface area contributed by atoms with E-state index in [1.807, 2.05) is 24.3 Å². The second-order valence-corrected chi connectivity index (χ2v) is 5.53. The number of hydrogen-bond donors (Lipinski definition) is 1. The summed E-state index contributed by atoms with van der Waals surface area (Å²) in [6.07, 6.45) is 5.86. The summed E-state index contributed by atoms with van der Waals surface area (Å²) in [4.78, 5) is 10.9. The Balaban J connectivity index is 1.58. The standard InChI is InChI=1S/C17H19N5/c18-11-14-4-1-5-15(10-14)12-21-16-6-2-9-22(13-16)17-19-7-3-8-20-17/h1,3-5,7-8,10,16,21H,2,6,9,12-13H2/t16-/m1/s1. The first-order valence-electron chi connectivity index (χ1n) is 7.59. The van der Waals surface area contributed by atoms with Crippen molar-refractivity contribution in [3.63, 3.8) is 0 Å². The lowest BCUT2D eigenvalue weighted by atomic mass is 10.1. The molecular weight excluding hydrogens is 274 g/mol. The largest absolute Gasteiger partial charge is 0.339 e. The minimum absolute atomic E-state index is 0.420. The van der Waals surface area contributed by atoms with Crippen molar-refractivity contribution < 1.29 is 0 Å². The highest BCUT2D eigenvalue weighted by atomic mass is 15.3. The lowest BCUT2D eigenvalue weighted by Gasteiger charge is -2.33. The molecule has 1 fully saturated rings. The molecule has 1 N–H and O–H groups in total. The molecule has 5 nitrogen and oxygen atoms in total. The van der Waals surface area contributed by atoms with Crippen molar-refractivity contribution in [3.05, 3.63) is 53.9 Å². The SMILES string of the molecule is N#Cc1cccc(CN[C@@H]2CCCN(c3ncccn3)C2)c1. The molecule has 2 aromatic rings. The van der Waals surface area contributed by atoms with Crippen LogP contribution in [0.1, 0.15) is 24.0 Å². The Hall–Kier alpha value is -2.45. The van der Waals surface area contributed by atoms with Gasteiger partial charge in [-0.3, -0.25) is 0 Å². The third-order valence-electron chi connectivity index (χ3n) is 3.91. The molecular formula is C17H19N5. The van der Waals surface area contributed by atoms with Gasteiger partial charge in [0.2, 0.25) is 5.95 Å². The number of hydrogen-bond acceptors (Lipinski definition) is 5. The zero-order chi connectivity index (χ0) is 15.2. The summed E-state index contributed by atoms with van der Waals surface area (Å²) in [5.41, 5.74) is 1.86. The van der Waals surface area contributed by atoms with Crippen LogP contribution in [0, 0.1) is 11.3 Å². The summed E-state index contributed by atoms with van der Waals surface area (Å²) in [5.74, 6) is 0.806. The van der Waals surface area contributed by atoms with E-state index in [4.69, 9.17) is 5.26 Å². The Morgan fingerprint density at radius 3 is 2.95 bits per heavy atom. The van der Waals surface area contributed by atoms with E-state index >= 15 is 0 Å². The first-order valence-corrected chi connectivity index (χ1v) is 7.59. The lowest BCUT2D eigenvalue weighted by Crippen LogP contribution is -2.46. The van der Waals surface area contributed by atoms with Gasteiger partial charge in [0.1, 0.15) is 0 Å². The lowest BCUT2D eigenvalue weighted by molar-refractivity contribution is 0.418. The van der Waals surface area contributed by atoms with Crippen LogP contribution in [0.25, 0.3) is 0 Å². The van der Waals surface area contributed by atoms with E-state index < -0.39 is 0 Å². The first kappa shape index (κ1) is 14.5. The molecule has 1 aromatic heterocycles. The summed E-state index contributed by atoms with van der Waals surface area (Å²) < 4.78 is 0. The van der Waals surface area contributed by atoms with Gasteiger partial charge in [-0.1, -0.05) is 12.1 Å². The van der Waals surface area contributed by atoms with Crippen molar-refractivity contribution in [2.75, 3.05) is 18.0 Å². The molecule has 1 saturated heterocycles. The van der Waals surface area contributed by atoms with Crippen molar-refractivity contribution >= 4 is 5.95 Å². The van der Waals surface area contributed by atoms with E-state index in [1.54, 1.807) is 12.4 Å². The average molecular weight is 293 g/mol. The molecule has 5 heteroatoms. The molecule has 0 bridgehead atoms. The zero-order valence-electron chi connectivity index (χ0n) is 12.4. The Morgan fingerprint density at radius 1 is 1.27 bits per heavy atom. The van der Waals surface area contributed by atoms with Crippen LogP contribution in [0.5, 0.6) is 0 Å². The summed E-state index contributed by atoms with van der Waals surface area (Å²) in [6, 6.07) is 12.2. The van der Waals surface area contributed by atoms with Crippen molar-refractivity contribution in [3.8, 4) is 6.07 Å². The number of piperidine rings is 1. The van der Waals surface area contributed by atoms with E-state index in [9.17, 15) is 0 Å². The zero-order valence-corrected chi connectivity index (χ0v) is 12.4. The van der Waals surface area contributed by atoms with Gasteiger partial charge in [0.15, 0.2) is 0 Å². The Kier molecular flexibility index (Phi) is 4.62. The van der Waals surface area contributed by atoms with E-state index in [2.05, 4.69) is 32.3 Å². The van der Waals surface area contributed by atoms with Crippen LogP contribution in [0.15, 0.2) is 42.7 Å². The van der Waals surface area contributed by atoms with Crippen LogP contribution in [-0.2, 0) is 6.54 Å². The summed E-state index contributed by atoms with van der Waals surface area (Å²) in [6.45, 7) is 2.71. The number of benzene rings is 1. The molecule has 22 heavy (non-hydrogen) atoms. The smallest absolute Gasteiger partial charge is 0.225 e. The minimum Gasteiger partial charge on any atom is -0.339 e. The van der Waals surface area contributed by atoms with Gasteiger partial charge < -0.3 is 10.2 Å². The van der Waals surface area contributed by atoms with Gasteiger partial charge in [-0.25, -0.2) is 9.97 Å². The predicted molar refractivity (Wildman–Crippen MR) is 85.3 cm³/mol. The van der Waals surface area contributed by atoms with Crippen LogP contribution in [0.3, 0.4) is 0 Å². The van der Waals surface area contributed by atoms with Gasteiger partial charge in [-0.2, -0.15) is 5.26 Å². The maximum Gasteiger partial charge on any atom is 0.225 e. The predicted octanol–water partition coefficient (Wildman–Crippen LogP) is 2.11. The van der Waals surface area contributed by atoms with Crippen LogP contribution >= 0.6 is 0 Å². The molecule has 0 amide bonds.